The first-order valence-corrected chi connectivity index (χ1v) is 8.92. The van der Waals surface area contributed by atoms with E-state index in [0.717, 1.165) is 36.8 Å². The first-order chi connectivity index (χ1) is 9.78. The van der Waals surface area contributed by atoms with E-state index in [-0.39, 0.29) is 6.54 Å². The minimum Gasteiger partial charge on any atom is -0.385 e. The molecule has 1 saturated carbocycles. The average Bonchev–Trinajstić information content (AvgIpc) is 2.42. The molecule has 5 nitrogen and oxygen atoms in total. The molecule has 4 N–H and O–H groups in total. The standard InChI is InChI=1S/C15H24N2O3S/c1-12-6-9-15(18,10-7-12)14-4-2-13(3-5-14)8-11-17-21(16,19)20/h2-5,12,17-18H,6-11H2,1H3,(H2,16,19,20). The van der Waals surface area contributed by atoms with E-state index in [9.17, 15) is 13.5 Å². The zero-order valence-corrected chi connectivity index (χ0v) is 13.2. The average molecular weight is 312 g/mol. The first-order valence-electron chi connectivity index (χ1n) is 7.38. The number of aliphatic hydroxyl groups is 1. The number of hydrogen-bond acceptors (Lipinski definition) is 3. The summed E-state index contributed by atoms with van der Waals surface area (Å²) in [5.41, 5.74) is 1.27. The summed E-state index contributed by atoms with van der Waals surface area (Å²) in [6.07, 6.45) is 4.29. The Kier molecular flexibility index (Phi) is 5.03. The Hall–Kier alpha value is -0.950. The Morgan fingerprint density at radius 1 is 1.29 bits per heavy atom. The Labute approximate surface area is 126 Å². The van der Waals surface area contributed by atoms with Crippen LogP contribution in [-0.2, 0) is 22.2 Å². The van der Waals surface area contributed by atoms with E-state index in [1.165, 1.54) is 0 Å². The van der Waals surface area contributed by atoms with E-state index < -0.39 is 15.8 Å². The molecule has 0 bridgehead atoms. The Morgan fingerprint density at radius 3 is 2.38 bits per heavy atom. The zero-order chi connectivity index (χ0) is 15.5. The van der Waals surface area contributed by atoms with Crippen molar-refractivity contribution in [2.24, 2.45) is 11.1 Å². The van der Waals surface area contributed by atoms with Gasteiger partial charge in [-0.15, -0.1) is 0 Å². The summed E-state index contributed by atoms with van der Waals surface area (Å²) in [5, 5.41) is 15.6. The van der Waals surface area contributed by atoms with Crippen molar-refractivity contribution in [2.45, 2.75) is 44.6 Å². The molecule has 0 spiro atoms. The normalized spacial score (nSPS) is 26.7. The van der Waals surface area contributed by atoms with E-state index in [0.29, 0.717) is 12.3 Å². The summed E-state index contributed by atoms with van der Waals surface area (Å²) in [5.74, 6) is 0.689. The molecule has 1 aliphatic rings. The van der Waals surface area contributed by atoms with Gasteiger partial charge in [0.05, 0.1) is 5.60 Å². The van der Waals surface area contributed by atoms with Gasteiger partial charge >= 0.3 is 0 Å². The minimum absolute atomic E-state index is 0.278. The lowest BCUT2D eigenvalue weighted by Gasteiger charge is -2.35. The van der Waals surface area contributed by atoms with Crippen LogP contribution < -0.4 is 9.86 Å². The van der Waals surface area contributed by atoms with Crippen LogP contribution in [0.15, 0.2) is 24.3 Å². The third-order valence-corrected chi connectivity index (χ3v) is 4.92. The summed E-state index contributed by atoms with van der Waals surface area (Å²) in [6, 6.07) is 7.77. The highest BCUT2D eigenvalue weighted by molar-refractivity contribution is 7.87. The second-order valence-electron chi connectivity index (χ2n) is 6.10. The van der Waals surface area contributed by atoms with Crippen LogP contribution >= 0.6 is 0 Å². The van der Waals surface area contributed by atoms with Gasteiger partial charge in [-0.1, -0.05) is 31.2 Å². The number of nitrogens with one attached hydrogen (secondary N) is 1. The zero-order valence-electron chi connectivity index (χ0n) is 12.4. The van der Waals surface area contributed by atoms with Gasteiger partial charge in [0.2, 0.25) is 0 Å². The topological polar surface area (TPSA) is 92.4 Å². The van der Waals surface area contributed by atoms with Crippen LogP contribution in [0.3, 0.4) is 0 Å². The van der Waals surface area contributed by atoms with Crippen LogP contribution in [0, 0.1) is 5.92 Å². The molecular formula is C15H24N2O3S. The summed E-state index contributed by atoms with van der Waals surface area (Å²) < 4.78 is 23.8. The van der Waals surface area contributed by atoms with Crippen molar-refractivity contribution in [2.75, 3.05) is 6.54 Å². The first kappa shape index (κ1) is 16.4. The highest BCUT2D eigenvalue weighted by atomic mass is 32.2. The molecule has 1 aromatic carbocycles. The van der Waals surface area contributed by atoms with Gasteiger partial charge in [0.15, 0.2) is 0 Å². The smallest absolute Gasteiger partial charge is 0.274 e. The predicted octanol–water partition coefficient (Wildman–Crippen LogP) is 1.42. The van der Waals surface area contributed by atoms with Crippen LogP contribution in [0.1, 0.15) is 43.7 Å². The van der Waals surface area contributed by atoms with E-state index in [1.807, 2.05) is 24.3 Å². The summed E-state index contributed by atoms with van der Waals surface area (Å²) in [4.78, 5) is 0. The van der Waals surface area contributed by atoms with Crippen LogP contribution in [0.5, 0.6) is 0 Å². The van der Waals surface area contributed by atoms with Crippen molar-refractivity contribution < 1.29 is 13.5 Å². The van der Waals surface area contributed by atoms with Gasteiger partial charge in [0.1, 0.15) is 0 Å². The van der Waals surface area contributed by atoms with Gasteiger partial charge in [-0.2, -0.15) is 8.42 Å². The third-order valence-electron chi connectivity index (χ3n) is 4.31. The third kappa shape index (κ3) is 4.78. The van der Waals surface area contributed by atoms with Crippen molar-refractivity contribution in [1.82, 2.24) is 4.72 Å². The van der Waals surface area contributed by atoms with Gasteiger partial charge in [-0.25, -0.2) is 9.86 Å². The quantitative estimate of drug-likeness (QED) is 0.767. The van der Waals surface area contributed by atoms with E-state index in [2.05, 4.69) is 11.6 Å². The van der Waals surface area contributed by atoms with Crippen LogP contribution in [0.2, 0.25) is 0 Å². The Bertz CT molecular complexity index is 561. The highest BCUT2D eigenvalue weighted by Gasteiger charge is 2.33. The summed E-state index contributed by atoms with van der Waals surface area (Å²) in [6.45, 7) is 2.50. The van der Waals surface area contributed by atoms with Crippen molar-refractivity contribution in [1.29, 1.82) is 0 Å². The molecule has 1 aliphatic carbocycles. The maximum absolute atomic E-state index is 10.8. The lowest BCUT2D eigenvalue weighted by Crippen LogP contribution is -2.32. The molecule has 21 heavy (non-hydrogen) atoms. The van der Waals surface area contributed by atoms with E-state index in [4.69, 9.17) is 5.14 Å². The summed E-state index contributed by atoms with van der Waals surface area (Å²) >= 11 is 0. The fraction of sp³-hybridized carbons (Fsp3) is 0.600. The lowest BCUT2D eigenvalue weighted by molar-refractivity contribution is -0.0120. The van der Waals surface area contributed by atoms with Crippen molar-refractivity contribution in [3.8, 4) is 0 Å². The number of rotatable bonds is 5. The fourth-order valence-electron chi connectivity index (χ4n) is 2.85. The summed E-state index contributed by atoms with van der Waals surface area (Å²) in [7, 11) is -3.62. The van der Waals surface area contributed by atoms with Gasteiger partial charge in [-0.05, 0) is 49.1 Å². The maximum Gasteiger partial charge on any atom is 0.274 e. The minimum atomic E-state index is -3.62. The molecule has 0 aromatic heterocycles. The lowest BCUT2D eigenvalue weighted by atomic mass is 9.76. The molecule has 0 aliphatic heterocycles. The second-order valence-corrected chi connectivity index (χ2v) is 7.48. The van der Waals surface area contributed by atoms with E-state index in [1.54, 1.807) is 0 Å². The molecule has 1 aromatic rings. The molecule has 0 amide bonds. The molecular weight excluding hydrogens is 288 g/mol. The molecule has 0 saturated heterocycles. The van der Waals surface area contributed by atoms with Crippen molar-refractivity contribution in [3.05, 3.63) is 35.4 Å². The fourth-order valence-corrected chi connectivity index (χ4v) is 3.23. The molecule has 118 valence electrons. The van der Waals surface area contributed by atoms with Crippen LogP contribution in [0.4, 0.5) is 0 Å². The molecule has 2 rings (SSSR count). The maximum atomic E-state index is 10.8. The predicted molar refractivity (Wildman–Crippen MR) is 82.8 cm³/mol. The second kappa shape index (κ2) is 6.44. The molecule has 0 heterocycles. The van der Waals surface area contributed by atoms with Gasteiger partial charge in [0.25, 0.3) is 10.2 Å². The van der Waals surface area contributed by atoms with Gasteiger partial charge < -0.3 is 5.11 Å². The van der Waals surface area contributed by atoms with Crippen molar-refractivity contribution >= 4 is 10.2 Å². The molecule has 0 atom stereocenters. The van der Waals surface area contributed by atoms with Crippen LogP contribution in [-0.4, -0.2) is 20.1 Å². The molecule has 6 heteroatoms. The number of nitrogens with two attached hydrogens (primary N) is 1. The Morgan fingerprint density at radius 2 is 1.86 bits per heavy atom. The SMILES string of the molecule is CC1CCC(O)(c2ccc(CCNS(N)(=O)=O)cc2)CC1. The highest BCUT2D eigenvalue weighted by Crippen LogP contribution is 2.39. The molecule has 1 fully saturated rings. The molecule has 0 radical (unpaired) electrons. The van der Waals surface area contributed by atoms with Crippen molar-refractivity contribution in [3.63, 3.8) is 0 Å². The van der Waals surface area contributed by atoms with Gasteiger partial charge in [-0.3, -0.25) is 0 Å². The molecule has 0 unspecified atom stereocenters. The Balaban J connectivity index is 1.95. The van der Waals surface area contributed by atoms with E-state index >= 15 is 0 Å². The largest absolute Gasteiger partial charge is 0.385 e. The van der Waals surface area contributed by atoms with Gasteiger partial charge in [0, 0.05) is 6.54 Å². The monoisotopic (exact) mass is 312 g/mol. The number of benzene rings is 1. The van der Waals surface area contributed by atoms with Crippen LogP contribution in [0.25, 0.3) is 0 Å². The number of hydrogen-bond donors (Lipinski definition) is 3.